The minimum atomic E-state index is -4.08. The summed E-state index contributed by atoms with van der Waals surface area (Å²) < 4.78 is 32.6. The third-order valence-corrected chi connectivity index (χ3v) is 5.31. The molecule has 0 saturated heterocycles. The largest absolute Gasteiger partial charge is 0.490 e. The summed E-state index contributed by atoms with van der Waals surface area (Å²) in [5, 5.41) is 8.89. The van der Waals surface area contributed by atoms with E-state index in [1.165, 1.54) is 30.3 Å². The lowest BCUT2D eigenvalue weighted by Gasteiger charge is -2.27. The van der Waals surface area contributed by atoms with Crippen LogP contribution < -0.4 is 9.46 Å². The van der Waals surface area contributed by atoms with Crippen LogP contribution in [0.3, 0.4) is 0 Å². The van der Waals surface area contributed by atoms with Crippen LogP contribution in [-0.2, 0) is 10.0 Å². The van der Waals surface area contributed by atoms with Gasteiger partial charge in [0.2, 0.25) is 0 Å². The van der Waals surface area contributed by atoms with Crippen molar-refractivity contribution in [1.82, 2.24) is 4.72 Å². The fourth-order valence-corrected chi connectivity index (χ4v) is 3.41. The van der Waals surface area contributed by atoms with E-state index in [9.17, 15) is 13.2 Å². The highest BCUT2D eigenvalue weighted by Gasteiger charge is 2.24. The number of sulfonamides is 1. The quantitative estimate of drug-likeness (QED) is 0.888. The van der Waals surface area contributed by atoms with Gasteiger partial charge >= 0.3 is 0 Å². The number of hydrogen-bond acceptors (Lipinski definition) is 5. The predicted octanol–water partition coefficient (Wildman–Crippen LogP) is 2.61. The molecule has 128 valence electrons. The van der Waals surface area contributed by atoms with Crippen LogP contribution in [0.25, 0.3) is 0 Å². The van der Waals surface area contributed by atoms with Gasteiger partial charge in [0.25, 0.3) is 15.9 Å². The molecule has 1 fully saturated rings. The smallest absolute Gasteiger partial charge is 0.268 e. The molecule has 1 N–H and O–H groups in total. The predicted molar refractivity (Wildman–Crippen MR) is 90.5 cm³/mol. The number of benzene rings is 2. The summed E-state index contributed by atoms with van der Waals surface area (Å²) >= 11 is 0. The van der Waals surface area contributed by atoms with Crippen molar-refractivity contribution in [3.05, 3.63) is 59.7 Å². The van der Waals surface area contributed by atoms with Crippen molar-refractivity contribution in [3.8, 4) is 11.8 Å². The van der Waals surface area contributed by atoms with Crippen molar-refractivity contribution in [2.45, 2.75) is 30.3 Å². The molecule has 0 atom stereocenters. The molecule has 1 aliphatic rings. The Morgan fingerprint density at radius 3 is 2.60 bits per heavy atom. The maximum absolute atomic E-state index is 12.5. The third kappa shape index (κ3) is 3.80. The van der Waals surface area contributed by atoms with Crippen molar-refractivity contribution in [1.29, 1.82) is 5.26 Å². The average molecular weight is 356 g/mol. The van der Waals surface area contributed by atoms with Gasteiger partial charge in [-0.25, -0.2) is 13.1 Å². The molecule has 0 spiro atoms. The van der Waals surface area contributed by atoms with Crippen molar-refractivity contribution in [3.63, 3.8) is 0 Å². The van der Waals surface area contributed by atoms with E-state index >= 15 is 0 Å². The molecular formula is C18H16N2O4S. The van der Waals surface area contributed by atoms with Crippen LogP contribution in [0.2, 0.25) is 0 Å². The van der Waals surface area contributed by atoms with Crippen LogP contribution in [0.5, 0.6) is 5.75 Å². The molecule has 1 amide bonds. The number of rotatable bonds is 5. The molecule has 7 heteroatoms. The van der Waals surface area contributed by atoms with Crippen molar-refractivity contribution < 1.29 is 17.9 Å². The second-order valence-electron chi connectivity index (χ2n) is 5.74. The first kappa shape index (κ1) is 17.0. The number of nitrogens with zero attached hydrogens (tertiary/aromatic N) is 1. The minimum absolute atomic E-state index is 0.0675. The number of nitrogens with one attached hydrogen (secondary N) is 1. The van der Waals surface area contributed by atoms with Crippen molar-refractivity contribution >= 4 is 15.9 Å². The highest BCUT2D eigenvalue weighted by molar-refractivity contribution is 7.90. The minimum Gasteiger partial charge on any atom is -0.490 e. The number of para-hydroxylation sites is 1. The van der Waals surface area contributed by atoms with E-state index < -0.39 is 15.9 Å². The van der Waals surface area contributed by atoms with Gasteiger partial charge in [0.05, 0.1) is 28.2 Å². The van der Waals surface area contributed by atoms with Crippen LogP contribution in [0.15, 0.2) is 53.4 Å². The van der Waals surface area contributed by atoms with Crippen LogP contribution in [0, 0.1) is 11.3 Å². The third-order valence-electron chi connectivity index (χ3n) is 3.98. The number of hydrogen-bond donors (Lipinski definition) is 1. The van der Waals surface area contributed by atoms with E-state index in [1.54, 1.807) is 18.2 Å². The molecule has 6 nitrogen and oxygen atoms in total. The highest BCUT2D eigenvalue weighted by atomic mass is 32.2. The first-order valence-corrected chi connectivity index (χ1v) is 9.31. The lowest BCUT2D eigenvalue weighted by atomic mass is 9.96. The van der Waals surface area contributed by atoms with Crippen LogP contribution in [0.4, 0.5) is 0 Å². The molecule has 25 heavy (non-hydrogen) atoms. The average Bonchev–Trinajstić information content (AvgIpc) is 2.58. The first-order valence-electron chi connectivity index (χ1n) is 7.82. The fourth-order valence-electron chi connectivity index (χ4n) is 2.39. The van der Waals surface area contributed by atoms with Gasteiger partial charge in [0.15, 0.2) is 0 Å². The van der Waals surface area contributed by atoms with Crippen LogP contribution >= 0.6 is 0 Å². The Hall–Kier alpha value is -2.85. The molecule has 0 radical (unpaired) electrons. The molecule has 2 aromatic carbocycles. The standard InChI is InChI=1S/C18H16N2O4S/c19-12-13-5-3-8-15(11-13)25(22,23)20-18(21)16-9-1-2-10-17(16)24-14-6-4-7-14/h1-3,5,8-11,14H,4,6-7H2,(H,20,21). The highest BCUT2D eigenvalue weighted by Crippen LogP contribution is 2.27. The molecule has 0 heterocycles. The summed E-state index contributed by atoms with van der Waals surface area (Å²) in [6.07, 6.45) is 3.01. The molecular weight excluding hydrogens is 340 g/mol. The number of nitriles is 1. The Labute approximate surface area is 146 Å². The second kappa shape index (κ2) is 6.95. The zero-order valence-corrected chi connectivity index (χ0v) is 14.1. The number of amides is 1. The van der Waals surface area contributed by atoms with Gasteiger partial charge in [-0.3, -0.25) is 4.79 Å². The Morgan fingerprint density at radius 2 is 1.92 bits per heavy atom. The Morgan fingerprint density at radius 1 is 1.16 bits per heavy atom. The zero-order chi connectivity index (χ0) is 17.9. The van der Waals surface area contributed by atoms with E-state index in [2.05, 4.69) is 0 Å². The van der Waals surface area contributed by atoms with Gasteiger partial charge < -0.3 is 4.74 Å². The molecule has 3 rings (SSSR count). The Bertz CT molecular complexity index is 944. The topological polar surface area (TPSA) is 96.3 Å². The maximum atomic E-state index is 12.5. The molecule has 0 aliphatic heterocycles. The fraction of sp³-hybridized carbons (Fsp3) is 0.222. The second-order valence-corrected chi connectivity index (χ2v) is 7.42. The van der Waals surface area contributed by atoms with Gasteiger partial charge in [0, 0.05) is 0 Å². The summed E-state index contributed by atoms with van der Waals surface area (Å²) in [5.41, 5.74) is 0.360. The van der Waals surface area contributed by atoms with Crippen LogP contribution in [-0.4, -0.2) is 20.4 Å². The zero-order valence-electron chi connectivity index (χ0n) is 13.3. The van der Waals surface area contributed by atoms with Gasteiger partial charge in [0.1, 0.15) is 5.75 Å². The molecule has 0 bridgehead atoms. The maximum Gasteiger partial charge on any atom is 0.268 e. The summed E-state index contributed by atoms with van der Waals surface area (Å²) in [5.74, 6) is -0.400. The monoisotopic (exact) mass is 356 g/mol. The molecule has 0 unspecified atom stereocenters. The summed E-state index contributed by atoms with van der Waals surface area (Å²) in [6.45, 7) is 0. The summed E-state index contributed by atoms with van der Waals surface area (Å²) in [4.78, 5) is 12.3. The normalized spacial score (nSPS) is 14.2. The SMILES string of the molecule is N#Cc1cccc(S(=O)(=O)NC(=O)c2ccccc2OC2CCC2)c1. The van der Waals surface area contributed by atoms with E-state index in [0.717, 1.165) is 19.3 Å². The van der Waals surface area contributed by atoms with Crippen molar-refractivity contribution in [2.75, 3.05) is 0 Å². The first-order chi connectivity index (χ1) is 12.0. The van der Waals surface area contributed by atoms with E-state index in [-0.39, 0.29) is 22.1 Å². The number of carbonyl (C=O) groups excluding carboxylic acids is 1. The lowest BCUT2D eigenvalue weighted by Crippen LogP contribution is -2.32. The number of carbonyl (C=O) groups is 1. The van der Waals surface area contributed by atoms with E-state index in [1.807, 2.05) is 10.8 Å². The van der Waals surface area contributed by atoms with E-state index in [0.29, 0.717) is 5.75 Å². The van der Waals surface area contributed by atoms with Gasteiger partial charge in [-0.05, 0) is 49.6 Å². The molecule has 2 aromatic rings. The van der Waals surface area contributed by atoms with Gasteiger partial charge in [-0.1, -0.05) is 18.2 Å². The number of ether oxygens (including phenoxy) is 1. The van der Waals surface area contributed by atoms with Gasteiger partial charge in [-0.15, -0.1) is 0 Å². The lowest BCUT2D eigenvalue weighted by molar-refractivity contribution is 0.0954. The molecule has 0 aromatic heterocycles. The summed E-state index contributed by atoms with van der Waals surface area (Å²) in [6, 6.07) is 13.9. The Kier molecular flexibility index (Phi) is 4.72. The molecule has 1 saturated carbocycles. The molecule has 1 aliphatic carbocycles. The van der Waals surface area contributed by atoms with E-state index in [4.69, 9.17) is 10.00 Å². The Balaban J connectivity index is 1.83. The summed E-state index contributed by atoms with van der Waals surface area (Å²) in [7, 11) is -4.08. The van der Waals surface area contributed by atoms with Crippen molar-refractivity contribution in [2.24, 2.45) is 0 Å². The van der Waals surface area contributed by atoms with Gasteiger partial charge in [-0.2, -0.15) is 5.26 Å². The van der Waals surface area contributed by atoms with Crippen LogP contribution in [0.1, 0.15) is 35.2 Å².